The zero-order chi connectivity index (χ0) is 17.2. The van der Waals surface area contributed by atoms with Gasteiger partial charge in [-0.15, -0.1) is 0 Å². The molecular weight excluding hydrogens is 291 g/mol. The van der Waals surface area contributed by atoms with Crippen molar-refractivity contribution in [1.82, 2.24) is 18.7 Å². The molecule has 0 aromatic carbocycles. The molecule has 5 heteroatoms. The fraction of sp³-hybridized carbons (Fsp3) is 1.00. The molecule has 0 aliphatic carbocycles. The van der Waals surface area contributed by atoms with E-state index in [9.17, 15) is 0 Å². The molecule has 0 bridgehead atoms. The van der Waals surface area contributed by atoms with Gasteiger partial charge in [0.25, 0.3) is 0 Å². The van der Waals surface area contributed by atoms with Crippen LogP contribution in [0.4, 0.5) is 0 Å². The van der Waals surface area contributed by atoms with Crippen LogP contribution in [-0.4, -0.2) is 72.5 Å². The van der Waals surface area contributed by atoms with E-state index in [4.69, 9.17) is 0 Å². The molecule has 0 saturated carbocycles. The Morgan fingerprint density at radius 3 is 1.14 bits per heavy atom. The second-order valence-corrected chi connectivity index (χ2v) is 10.5. The van der Waals surface area contributed by atoms with E-state index < -0.39 is 7.87 Å². The summed E-state index contributed by atoms with van der Waals surface area (Å²) in [6, 6.07) is 0. The molecule has 0 rings (SSSR count). The molecule has 0 amide bonds. The molecule has 0 fully saturated rings. The van der Waals surface area contributed by atoms with E-state index in [0.29, 0.717) is 0 Å². The predicted octanol–water partition coefficient (Wildman–Crippen LogP) is 4.15. The van der Waals surface area contributed by atoms with Gasteiger partial charge in [-0.1, -0.05) is 0 Å². The van der Waals surface area contributed by atoms with Gasteiger partial charge in [-0.05, 0) is 0 Å². The number of hydrogen-bond donors (Lipinski definition) is 0. The van der Waals surface area contributed by atoms with E-state index >= 15 is 0 Å². The number of unbranched alkanes of at least 4 members (excludes halogenated alkanes) is 2. The number of rotatable bonds is 13. The molecule has 0 spiro atoms. The van der Waals surface area contributed by atoms with Crippen LogP contribution >= 0.6 is 7.87 Å². The molecule has 0 N–H and O–H groups in total. The third-order valence-corrected chi connectivity index (χ3v) is 10.3. The molecule has 0 saturated heterocycles. The standard InChI is InChI=1S/C17H43N4P/c1-9-14-16-21(17-15-10-2)22(18(6)11-3,19(7)12-4)20(8)13-5/h22H,9-17H2,1-8H3. The van der Waals surface area contributed by atoms with Crippen molar-refractivity contribution in [3.63, 3.8) is 0 Å². The first kappa shape index (κ1) is 22.3. The average molecular weight is 335 g/mol. The van der Waals surface area contributed by atoms with E-state index in [2.05, 4.69) is 74.4 Å². The van der Waals surface area contributed by atoms with Gasteiger partial charge < -0.3 is 0 Å². The summed E-state index contributed by atoms with van der Waals surface area (Å²) in [5, 5.41) is 0. The predicted molar refractivity (Wildman–Crippen MR) is 105 cm³/mol. The van der Waals surface area contributed by atoms with Gasteiger partial charge in [0.05, 0.1) is 0 Å². The fourth-order valence-corrected chi connectivity index (χ4v) is 8.73. The van der Waals surface area contributed by atoms with Crippen molar-refractivity contribution in [2.75, 3.05) is 53.9 Å². The second kappa shape index (κ2) is 11.8. The number of nitrogens with zero attached hydrogens (tertiary/aromatic N) is 4. The molecule has 0 atom stereocenters. The SMILES string of the molecule is CCCCN(CCCC)[PH](N(C)CC)(N(C)CC)N(C)CC. The Hall–Kier alpha value is 0.270. The van der Waals surface area contributed by atoms with Gasteiger partial charge >= 0.3 is 141 Å². The quantitative estimate of drug-likeness (QED) is 0.469. The number of hydrogen-bond acceptors (Lipinski definition) is 4. The van der Waals surface area contributed by atoms with Crippen molar-refractivity contribution in [3.05, 3.63) is 0 Å². The summed E-state index contributed by atoms with van der Waals surface area (Å²) < 4.78 is 10.8. The Labute approximate surface area is 141 Å². The van der Waals surface area contributed by atoms with Crippen molar-refractivity contribution >= 4 is 7.87 Å². The van der Waals surface area contributed by atoms with Crippen molar-refractivity contribution in [1.29, 1.82) is 0 Å². The molecule has 0 radical (unpaired) electrons. The zero-order valence-corrected chi connectivity index (χ0v) is 17.7. The van der Waals surface area contributed by atoms with Crippen molar-refractivity contribution < 1.29 is 0 Å². The first-order chi connectivity index (χ1) is 10.5. The summed E-state index contributed by atoms with van der Waals surface area (Å²) in [6.45, 7) is 17.3. The summed E-state index contributed by atoms with van der Waals surface area (Å²) >= 11 is 0. The van der Waals surface area contributed by atoms with Gasteiger partial charge in [0.15, 0.2) is 0 Å². The van der Waals surface area contributed by atoms with E-state index in [1.165, 1.54) is 38.8 Å². The van der Waals surface area contributed by atoms with Crippen LogP contribution in [-0.2, 0) is 0 Å². The van der Waals surface area contributed by atoms with Crippen molar-refractivity contribution in [2.24, 2.45) is 0 Å². The third-order valence-electron chi connectivity index (χ3n) is 4.95. The molecule has 0 heterocycles. The van der Waals surface area contributed by atoms with Crippen LogP contribution < -0.4 is 0 Å². The third kappa shape index (κ3) is 5.14. The van der Waals surface area contributed by atoms with Crippen LogP contribution in [0, 0.1) is 0 Å². The van der Waals surface area contributed by atoms with Crippen LogP contribution in [0.25, 0.3) is 0 Å². The van der Waals surface area contributed by atoms with Gasteiger partial charge in [-0.2, -0.15) is 0 Å². The van der Waals surface area contributed by atoms with E-state index in [1.54, 1.807) is 0 Å². The molecule has 22 heavy (non-hydrogen) atoms. The minimum atomic E-state index is -1.98. The molecule has 0 aromatic rings. The molecular formula is C17H43N4P. The Morgan fingerprint density at radius 1 is 0.591 bits per heavy atom. The minimum absolute atomic E-state index is 1.11. The van der Waals surface area contributed by atoms with Crippen LogP contribution in [0.1, 0.15) is 60.3 Å². The van der Waals surface area contributed by atoms with Crippen molar-refractivity contribution in [3.8, 4) is 0 Å². The molecule has 136 valence electrons. The molecule has 0 aromatic heterocycles. The Kier molecular flexibility index (Phi) is 11.9. The molecule has 0 aliphatic rings. The topological polar surface area (TPSA) is 13.0 Å². The van der Waals surface area contributed by atoms with Crippen molar-refractivity contribution in [2.45, 2.75) is 60.3 Å². The second-order valence-electron chi connectivity index (χ2n) is 6.34. The summed E-state index contributed by atoms with van der Waals surface area (Å²) in [5.41, 5.74) is 0. The molecule has 4 nitrogen and oxygen atoms in total. The first-order valence-corrected chi connectivity index (χ1v) is 11.1. The zero-order valence-electron chi connectivity index (χ0n) is 16.7. The Bertz CT molecular complexity index is 241. The summed E-state index contributed by atoms with van der Waals surface area (Å²) in [7, 11) is 5.01. The van der Waals surface area contributed by atoms with Crippen LogP contribution in [0.15, 0.2) is 0 Å². The molecule has 0 aliphatic heterocycles. The maximum atomic E-state index is 2.84. The Morgan fingerprint density at radius 2 is 0.909 bits per heavy atom. The maximum absolute atomic E-state index is 2.84. The van der Waals surface area contributed by atoms with Crippen LogP contribution in [0.5, 0.6) is 0 Å². The Balaban J connectivity index is 5.77. The normalized spacial score (nSPS) is 13.8. The first-order valence-electron chi connectivity index (χ1n) is 9.35. The van der Waals surface area contributed by atoms with Gasteiger partial charge in [0.2, 0.25) is 0 Å². The summed E-state index contributed by atoms with van der Waals surface area (Å²) in [6.07, 6.45) is 5.14. The van der Waals surface area contributed by atoms with E-state index in [0.717, 1.165) is 19.6 Å². The average Bonchev–Trinajstić information content (AvgIpc) is 2.55. The summed E-state index contributed by atoms with van der Waals surface area (Å²) in [5.74, 6) is 0. The van der Waals surface area contributed by atoms with Gasteiger partial charge in [0, 0.05) is 0 Å². The summed E-state index contributed by atoms with van der Waals surface area (Å²) in [4.78, 5) is 0. The monoisotopic (exact) mass is 334 g/mol. The van der Waals surface area contributed by atoms with Gasteiger partial charge in [-0.3, -0.25) is 0 Å². The molecule has 0 unspecified atom stereocenters. The van der Waals surface area contributed by atoms with Crippen LogP contribution in [0.3, 0.4) is 0 Å². The van der Waals surface area contributed by atoms with Gasteiger partial charge in [-0.25, -0.2) is 0 Å². The fourth-order valence-electron chi connectivity index (χ4n) is 3.34. The van der Waals surface area contributed by atoms with E-state index in [1.807, 2.05) is 0 Å². The van der Waals surface area contributed by atoms with Crippen LogP contribution in [0.2, 0.25) is 0 Å². The van der Waals surface area contributed by atoms with Gasteiger partial charge in [0.1, 0.15) is 0 Å². The van der Waals surface area contributed by atoms with E-state index in [-0.39, 0.29) is 0 Å².